The van der Waals surface area contributed by atoms with Crippen LogP contribution in [0, 0.1) is 0 Å². The van der Waals surface area contributed by atoms with Gasteiger partial charge in [0.25, 0.3) is 0 Å². The monoisotopic (exact) mass is 603 g/mol. The highest BCUT2D eigenvalue weighted by atomic mass is 16.5. The third-order valence-corrected chi connectivity index (χ3v) is 9.49. The van der Waals surface area contributed by atoms with E-state index in [0.717, 1.165) is 50.3 Å². The molecule has 0 radical (unpaired) electrons. The largest absolute Gasteiger partial charge is 0.464 e. The number of rotatable bonds is 3. The molecule has 2 aromatic heterocycles. The molecule has 0 fully saturated rings. The van der Waals surface area contributed by atoms with E-state index in [9.17, 15) is 0 Å². The number of aromatic nitrogens is 3. The van der Waals surface area contributed by atoms with Crippen molar-refractivity contribution in [2.45, 2.75) is 5.41 Å². The van der Waals surface area contributed by atoms with Crippen LogP contribution in [0.4, 0.5) is 0 Å². The highest BCUT2D eigenvalue weighted by Gasteiger charge is 2.51. The number of fused-ring (bicyclic) bond motifs is 11. The first-order valence-corrected chi connectivity index (χ1v) is 15.7. The van der Waals surface area contributed by atoms with Crippen molar-refractivity contribution in [1.82, 2.24) is 15.0 Å². The fourth-order valence-electron chi connectivity index (χ4n) is 7.52. The van der Waals surface area contributed by atoms with Crippen LogP contribution in [-0.4, -0.2) is 15.0 Å². The van der Waals surface area contributed by atoms with Gasteiger partial charge in [-0.25, -0.2) is 15.0 Å². The van der Waals surface area contributed by atoms with E-state index in [1.54, 1.807) is 6.26 Å². The molecule has 1 unspecified atom stereocenters. The molecule has 3 heterocycles. The molecule has 5 nitrogen and oxygen atoms in total. The van der Waals surface area contributed by atoms with E-state index in [4.69, 9.17) is 24.1 Å². The average molecular weight is 604 g/mol. The van der Waals surface area contributed by atoms with Crippen LogP contribution in [0.1, 0.15) is 22.3 Å². The minimum Gasteiger partial charge on any atom is -0.464 e. The van der Waals surface area contributed by atoms with E-state index in [1.807, 2.05) is 66.7 Å². The van der Waals surface area contributed by atoms with Crippen LogP contribution in [0.2, 0.25) is 0 Å². The molecular weight excluding hydrogens is 578 g/mol. The summed E-state index contributed by atoms with van der Waals surface area (Å²) in [6.45, 7) is 0. The molecule has 2 aliphatic rings. The van der Waals surface area contributed by atoms with Gasteiger partial charge in [-0.05, 0) is 58.7 Å². The lowest BCUT2D eigenvalue weighted by molar-refractivity contribution is 0.436. The van der Waals surface area contributed by atoms with Gasteiger partial charge in [0.15, 0.2) is 17.5 Å². The minimum absolute atomic E-state index is 0.603. The van der Waals surface area contributed by atoms with Gasteiger partial charge in [-0.3, -0.25) is 0 Å². The Morgan fingerprint density at radius 2 is 1.06 bits per heavy atom. The second kappa shape index (κ2) is 9.83. The summed E-state index contributed by atoms with van der Waals surface area (Å²) in [6.07, 6.45) is 1.78. The lowest BCUT2D eigenvalue weighted by atomic mass is 9.66. The maximum Gasteiger partial charge on any atom is 0.164 e. The summed E-state index contributed by atoms with van der Waals surface area (Å²) in [4.78, 5) is 15.0. The Morgan fingerprint density at radius 3 is 1.81 bits per heavy atom. The molecule has 0 amide bonds. The van der Waals surface area contributed by atoms with E-state index >= 15 is 0 Å². The van der Waals surface area contributed by atoms with Gasteiger partial charge in [0.1, 0.15) is 17.1 Å². The Kier molecular flexibility index (Phi) is 5.43. The molecule has 1 atom stereocenters. The number of hydrogen-bond acceptors (Lipinski definition) is 5. The second-order valence-electron chi connectivity index (χ2n) is 12.0. The van der Waals surface area contributed by atoms with Gasteiger partial charge >= 0.3 is 0 Å². The van der Waals surface area contributed by atoms with E-state index < -0.39 is 5.41 Å². The minimum atomic E-state index is -0.630. The summed E-state index contributed by atoms with van der Waals surface area (Å²) in [5, 5.41) is 1.10. The SMILES string of the molecule is c1ccc(-c2nc(-c3ccccc3)nc(-c3ccc4c(c3)C3(c5ccccc5O4)c4ccccc4-c4c3ccc3occc43)n2)cc1. The summed E-state index contributed by atoms with van der Waals surface area (Å²) in [5.74, 6) is 3.51. The maximum atomic E-state index is 6.67. The third-order valence-electron chi connectivity index (χ3n) is 9.49. The molecule has 10 rings (SSSR count). The molecule has 0 N–H and O–H groups in total. The van der Waals surface area contributed by atoms with Crippen LogP contribution in [-0.2, 0) is 5.41 Å². The van der Waals surface area contributed by atoms with Crippen molar-refractivity contribution in [3.8, 4) is 56.8 Å². The molecule has 5 heteroatoms. The number of furan rings is 1. The Hall–Kier alpha value is -6.33. The zero-order valence-corrected chi connectivity index (χ0v) is 25.1. The van der Waals surface area contributed by atoms with Crippen molar-refractivity contribution in [2.75, 3.05) is 0 Å². The first-order valence-electron chi connectivity index (χ1n) is 15.7. The van der Waals surface area contributed by atoms with E-state index in [0.29, 0.717) is 17.5 Å². The number of nitrogens with zero attached hydrogens (tertiary/aromatic N) is 3. The van der Waals surface area contributed by atoms with Crippen molar-refractivity contribution in [3.05, 3.63) is 174 Å². The predicted octanol–water partition coefficient (Wildman–Crippen LogP) is 10.1. The lowest BCUT2D eigenvalue weighted by Crippen LogP contribution is -2.32. The van der Waals surface area contributed by atoms with Gasteiger partial charge < -0.3 is 9.15 Å². The Bertz CT molecular complexity index is 2450. The predicted molar refractivity (Wildman–Crippen MR) is 183 cm³/mol. The molecule has 47 heavy (non-hydrogen) atoms. The summed E-state index contributed by atoms with van der Waals surface area (Å²) >= 11 is 0. The highest BCUT2D eigenvalue weighted by Crippen LogP contribution is 2.63. The molecule has 1 aliphatic carbocycles. The van der Waals surface area contributed by atoms with E-state index in [1.165, 1.54) is 22.3 Å². The molecule has 0 bridgehead atoms. The van der Waals surface area contributed by atoms with E-state index in [-0.39, 0.29) is 0 Å². The number of ether oxygens (including phenoxy) is 1. The number of hydrogen-bond donors (Lipinski definition) is 0. The van der Waals surface area contributed by atoms with Crippen LogP contribution in [0.25, 0.3) is 56.3 Å². The van der Waals surface area contributed by atoms with Gasteiger partial charge in [-0.2, -0.15) is 0 Å². The van der Waals surface area contributed by atoms with Crippen molar-refractivity contribution >= 4 is 11.0 Å². The van der Waals surface area contributed by atoms with Gasteiger partial charge in [-0.1, -0.05) is 109 Å². The van der Waals surface area contributed by atoms with Crippen molar-refractivity contribution in [3.63, 3.8) is 0 Å². The van der Waals surface area contributed by atoms with Crippen LogP contribution >= 0.6 is 0 Å². The molecule has 1 spiro atoms. The van der Waals surface area contributed by atoms with Crippen LogP contribution in [0.5, 0.6) is 11.5 Å². The Labute approximate surface area is 270 Å². The topological polar surface area (TPSA) is 61.0 Å². The standard InChI is InChI=1S/C42H25N3O2/c1-3-11-26(12-4-1)39-43-40(27-13-5-2-6-14-27)45-41(44-39)28-19-21-37-34(25-28)42(32-17-9-10-18-36(32)47-37)31-16-8-7-15-29(31)38-30-23-24-46-35(30)22-20-33(38)42/h1-25H. The molecule has 0 saturated heterocycles. The molecular formula is C42H25N3O2. The Balaban J connectivity index is 1.27. The fourth-order valence-corrected chi connectivity index (χ4v) is 7.52. The summed E-state index contributed by atoms with van der Waals surface area (Å²) < 4.78 is 12.6. The van der Waals surface area contributed by atoms with Crippen molar-refractivity contribution in [1.29, 1.82) is 0 Å². The molecule has 220 valence electrons. The van der Waals surface area contributed by atoms with Crippen LogP contribution in [0.3, 0.4) is 0 Å². The van der Waals surface area contributed by atoms with Crippen molar-refractivity contribution < 1.29 is 9.15 Å². The summed E-state index contributed by atoms with van der Waals surface area (Å²) in [5.41, 5.74) is 9.94. The quantitative estimate of drug-likeness (QED) is 0.201. The molecule has 1 aliphatic heterocycles. The molecule has 6 aromatic carbocycles. The Morgan fingerprint density at radius 1 is 0.447 bits per heavy atom. The zero-order chi connectivity index (χ0) is 31.0. The van der Waals surface area contributed by atoms with Crippen LogP contribution < -0.4 is 4.74 Å². The first kappa shape index (κ1) is 25.9. The van der Waals surface area contributed by atoms with E-state index in [2.05, 4.69) is 78.9 Å². The van der Waals surface area contributed by atoms with Crippen molar-refractivity contribution in [2.24, 2.45) is 0 Å². The lowest BCUT2D eigenvalue weighted by Gasteiger charge is -2.39. The van der Waals surface area contributed by atoms with Gasteiger partial charge in [0, 0.05) is 33.2 Å². The number of para-hydroxylation sites is 1. The third kappa shape index (κ3) is 3.68. The fraction of sp³-hybridized carbons (Fsp3) is 0.0238. The van der Waals surface area contributed by atoms with Crippen LogP contribution in [0.15, 0.2) is 156 Å². The number of benzene rings is 6. The average Bonchev–Trinajstić information content (AvgIpc) is 3.74. The highest BCUT2D eigenvalue weighted by molar-refractivity contribution is 6.03. The van der Waals surface area contributed by atoms with Gasteiger partial charge in [0.2, 0.25) is 0 Å². The summed E-state index contributed by atoms with van der Waals surface area (Å²) in [7, 11) is 0. The van der Waals surface area contributed by atoms with Gasteiger partial charge in [0.05, 0.1) is 11.7 Å². The maximum absolute atomic E-state index is 6.67. The second-order valence-corrected chi connectivity index (χ2v) is 12.0. The summed E-state index contributed by atoms with van der Waals surface area (Å²) in [6, 6.07) is 50.0. The molecule has 0 saturated carbocycles. The normalized spacial score (nSPS) is 15.5. The zero-order valence-electron chi connectivity index (χ0n) is 25.1. The first-order chi connectivity index (χ1) is 23.3. The van der Waals surface area contributed by atoms with Gasteiger partial charge in [-0.15, -0.1) is 0 Å². The smallest absolute Gasteiger partial charge is 0.164 e. The molecule has 8 aromatic rings.